The Balaban J connectivity index is 2.32. The predicted octanol–water partition coefficient (Wildman–Crippen LogP) is 2.93. The number of hydrogen-bond acceptors (Lipinski definition) is 3. The fourth-order valence-corrected chi connectivity index (χ4v) is 2.37. The lowest BCUT2D eigenvalue weighted by molar-refractivity contribution is -0.121. The molecule has 92 valence electrons. The molecule has 3 nitrogen and oxygen atoms in total. The fourth-order valence-electron chi connectivity index (χ4n) is 2.37. The summed E-state index contributed by atoms with van der Waals surface area (Å²) in [6.45, 7) is 0. The molecule has 0 heterocycles. The molecule has 1 saturated carbocycles. The number of benzene rings is 1. The summed E-state index contributed by atoms with van der Waals surface area (Å²) in [6.07, 6.45) is 3.78. The van der Waals surface area contributed by atoms with Crippen LogP contribution in [0.4, 0.5) is 0 Å². The molecule has 3 heteroatoms. The van der Waals surface area contributed by atoms with Gasteiger partial charge in [0.15, 0.2) is 0 Å². The molecule has 1 unspecified atom stereocenters. The Morgan fingerprint density at radius 3 is 2.24 bits per heavy atom. The second kappa shape index (κ2) is 5.21. The second-order valence-electron chi connectivity index (χ2n) is 4.41. The summed E-state index contributed by atoms with van der Waals surface area (Å²) in [4.78, 5) is 11.9. The summed E-state index contributed by atoms with van der Waals surface area (Å²) in [5, 5.41) is 0. The van der Waals surface area contributed by atoms with E-state index in [0.29, 0.717) is 12.2 Å². The highest BCUT2D eigenvalue weighted by Gasteiger charge is 2.24. The summed E-state index contributed by atoms with van der Waals surface area (Å²) < 4.78 is 10.5. The van der Waals surface area contributed by atoms with Crippen molar-refractivity contribution in [3.63, 3.8) is 0 Å². The number of carbonyl (C=O) groups excluding carboxylic acids is 1. The molecule has 0 amide bonds. The van der Waals surface area contributed by atoms with E-state index in [9.17, 15) is 4.79 Å². The molecule has 1 aromatic carbocycles. The van der Waals surface area contributed by atoms with Gasteiger partial charge in [0.05, 0.1) is 14.2 Å². The molecule has 1 aliphatic rings. The molecule has 0 bridgehead atoms. The van der Waals surface area contributed by atoms with Crippen molar-refractivity contribution in [2.45, 2.75) is 31.6 Å². The Hall–Kier alpha value is -1.51. The zero-order valence-electron chi connectivity index (χ0n) is 10.4. The lowest BCUT2D eigenvalue weighted by Crippen LogP contribution is -2.17. The van der Waals surface area contributed by atoms with Crippen LogP contribution in [0.5, 0.6) is 11.5 Å². The van der Waals surface area contributed by atoms with E-state index in [0.717, 1.165) is 36.3 Å². The van der Waals surface area contributed by atoms with Gasteiger partial charge in [-0.1, -0.05) is 6.42 Å². The molecule has 17 heavy (non-hydrogen) atoms. The van der Waals surface area contributed by atoms with E-state index in [1.165, 1.54) is 0 Å². The van der Waals surface area contributed by atoms with Crippen molar-refractivity contribution < 1.29 is 14.3 Å². The second-order valence-corrected chi connectivity index (χ2v) is 4.41. The molecule has 1 atom stereocenters. The smallest absolute Gasteiger partial charge is 0.140 e. The molecule has 0 N–H and O–H groups in total. The number of Topliss-reactive ketones (excluding diaryl/α,β-unsaturated/α-hetero) is 1. The molecular weight excluding hydrogens is 216 g/mol. The first-order valence-electron chi connectivity index (χ1n) is 6.00. The zero-order chi connectivity index (χ0) is 12.3. The quantitative estimate of drug-likeness (QED) is 0.806. The highest BCUT2D eigenvalue weighted by atomic mass is 16.5. The van der Waals surface area contributed by atoms with Crippen molar-refractivity contribution in [1.82, 2.24) is 0 Å². The van der Waals surface area contributed by atoms with E-state index < -0.39 is 0 Å². The van der Waals surface area contributed by atoms with Crippen LogP contribution in [0, 0.1) is 0 Å². The van der Waals surface area contributed by atoms with Gasteiger partial charge in [0.1, 0.15) is 17.3 Å². The molecule has 0 radical (unpaired) electrons. The summed E-state index contributed by atoms with van der Waals surface area (Å²) in [7, 11) is 3.25. The van der Waals surface area contributed by atoms with Crippen molar-refractivity contribution in [3.8, 4) is 11.5 Å². The Kier molecular flexibility index (Phi) is 3.67. The molecule has 0 saturated heterocycles. The van der Waals surface area contributed by atoms with Crippen molar-refractivity contribution in [2.24, 2.45) is 0 Å². The van der Waals surface area contributed by atoms with E-state index in [2.05, 4.69) is 0 Å². The van der Waals surface area contributed by atoms with Crippen molar-refractivity contribution >= 4 is 5.78 Å². The average Bonchev–Trinajstić information content (AvgIpc) is 2.38. The molecule has 0 aromatic heterocycles. The van der Waals surface area contributed by atoms with Gasteiger partial charge in [0, 0.05) is 18.4 Å². The van der Waals surface area contributed by atoms with Crippen LogP contribution < -0.4 is 9.47 Å². The van der Waals surface area contributed by atoms with Crippen LogP contribution >= 0.6 is 0 Å². The Bertz CT molecular complexity index is 390. The molecule has 0 aliphatic heterocycles. The van der Waals surface area contributed by atoms with Crippen LogP contribution in [0.15, 0.2) is 18.2 Å². The molecule has 1 aromatic rings. The summed E-state index contributed by atoms with van der Waals surface area (Å²) >= 11 is 0. The third kappa shape index (κ3) is 2.60. The average molecular weight is 234 g/mol. The van der Waals surface area contributed by atoms with Crippen molar-refractivity contribution in [3.05, 3.63) is 23.8 Å². The normalized spacial score (nSPS) is 20.1. The van der Waals surface area contributed by atoms with Gasteiger partial charge in [-0.15, -0.1) is 0 Å². The van der Waals surface area contributed by atoms with Crippen molar-refractivity contribution in [2.75, 3.05) is 14.2 Å². The number of methoxy groups -OCH3 is 2. The number of rotatable bonds is 3. The number of ketones is 1. The van der Waals surface area contributed by atoms with Gasteiger partial charge in [0.2, 0.25) is 0 Å². The Morgan fingerprint density at radius 1 is 1.06 bits per heavy atom. The van der Waals surface area contributed by atoms with E-state index in [4.69, 9.17) is 9.47 Å². The summed E-state index contributed by atoms with van der Waals surface area (Å²) in [5.74, 6) is 1.86. The van der Waals surface area contributed by atoms with Gasteiger partial charge < -0.3 is 9.47 Å². The van der Waals surface area contributed by atoms with Gasteiger partial charge in [-0.05, 0) is 30.5 Å². The predicted molar refractivity (Wildman–Crippen MR) is 65.8 cm³/mol. The van der Waals surface area contributed by atoms with Gasteiger partial charge in [-0.25, -0.2) is 0 Å². The highest BCUT2D eigenvalue weighted by Crippen LogP contribution is 2.34. The van der Waals surface area contributed by atoms with Crippen LogP contribution in [-0.4, -0.2) is 20.0 Å². The van der Waals surface area contributed by atoms with Gasteiger partial charge >= 0.3 is 0 Å². The topological polar surface area (TPSA) is 35.5 Å². The number of hydrogen-bond donors (Lipinski definition) is 0. The van der Waals surface area contributed by atoms with Crippen LogP contribution in [-0.2, 0) is 4.79 Å². The van der Waals surface area contributed by atoms with Crippen LogP contribution in [0.2, 0.25) is 0 Å². The third-order valence-corrected chi connectivity index (χ3v) is 3.33. The summed E-state index contributed by atoms with van der Waals surface area (Å²) in [6, 6.07) is 5.71. The van der Waals surface area contributed by atoms with Crippen LogP contribution in [0.3, 0.4) is 0 Å². The number of carbonyl (C=O) groups is 1. The van der Waals surface area contributed by atoms with Gasteiger partial charge in [-0.2, -0.15) is 0 Å². The first-order chi connectivity index (χ1) is 8.24. The van der Waals surface area contributed by atoms with E-state index >= 15 is 0 Å². The summed E-state index contributed by atoms with van der Waals surface area (Å²) in [5.41, 5.74) is 1.02. The SMILES string of the molecule is COc1cc(OC)cc(C2CCCCC2=O)c1. The van der Waals surface area contributed by atoms with E-state index in [1.54, 1.807) is 14.2 Å². The van der Waals surface area contributed by atoms with E-state index in [1.807, 2.05) is 18.2 Å². The maximum atomic E-state index is 11.9. The number of ether oxygens (including phenoxy) is 2. The third-order valence-electron chi connectivity index (χ3n) is 3.33. The standard InChI is InChI=1S/C14H18O3/c1-16-11-7-10(8-12(9-11)17-2)13-5-3-4-6-14(13)15/h7-9,13H,3-6H2,1-2H3. The molecule has 0 spiro atoms. The van der Waals surface area contributed by atoms with Gasteiger partial charge in [0.25, 0.3) is 0 Å². The zero-order valence-corrected chi connectivity index (χ0v) is 10.4. The first-order valence-corrected chi connectivity index (χ1v) is 6.00. The Labute approximate surface area is 102 Å². The highest BCUT2D eigenvalue weighted by molar-refractivity contribution is 5.86. The minimum absolute atomic E-state index is 0.0211. The van der Waals surface area contributed by atoms with E-state index in [-0.39, 0.29) is 5.92 Å². The molecule has 1 fully saturated rings. The van der Waals surface area contributed by atoms with Crippen LogP contribution in [0.1, 0.15) is 37.2 Å². The molecule has 1 aliphatic carbocycles. The first kappa shape index (κ1) is 12.0. The lowest BCUT2D eigenvalue weighted by Gasteiger charge is -2.21. The Morgan fingerprint density at radius 2 is 1.71 bits per heavy atom. The molecule has 2 rings (SSSR count). The minimum Gasteiger partial charge on any atom is -0.497 e. The van der Waals surface area contributed by atoms with Crippen molar-refractivity contribution in [1.29, 1.82) is 0 Å². The van der Waals surface area contributed by atoms with Crippen LogP contribution in [0.25, 0.3) is 0 Å². The fraction of sp³-hybridized carbons (Fsp3) is 0.500. The monoisotopic (exact) mass is 234 g/mol. The largest absolute Gasteiger partial charge is 0.497 e. The minimum atomic E-state index is 0.0211. The molecular formula is C14H18O3. The van der Waals surface area contributed by atoms with Gasteiger partial charge in [-0.3, -0.25) is 4.79 Å². The maximum Gasteiger partial charge on any atom is 0.140 e. The lowest BCUT2D eigenvalue weighted by atomic mass is 9.83. The maximum absolute atomic E-state index is 11.9.